The molecule has 2 N–H and O–H groups in total. The van der Waals surface area contributed by atoms with Crippen LogP contribution in [0.25, 0.3) is 0 Å². The van der Waals surface area contributed by atoms with Gasteiger partial charge in [-0.1, -0.05) is 18.2 Å². The van der Waals surface area contributed by atoms with E-state index in [4.69, 9.17) is 4.74 Å². The van der Waals surface area contributed by atoms with Crippen LogP contribution < -0.4 is 10.0 Å². The Balaban J connectivity index is 1.68. The fraction of sp³-hybridized carbons (Fsp3) is 0.500. The topological polar surface area (TPSA) is 84.5 Å². The number of benzene rings is 1. The van der Waals surface area contributed by atoms with Crippen LogP contribution in [0.15, 0.2) is 24.3 Å². The van der Waals surface area contributed by atoms with E-state index in [1.807, 2.05) is 24.3 Å². The number of fused-ring (bicyclic) bond motifs is 1. The van der Waals surface area contributed by atoms with Crippen LogP contribution in [0.3, 0.4) is 0 Å². The minimum Gasteiger partial charge on any atom is -0.381 e. The monoisotopic (exact) mass is 310 g/mol. The number of nitrogens with one attached hydrogen (secondary N) is 2. The predicted octanol–water partition coefficient (Wildman–Crippen LogP) is 0.506. The first-order valence-corrected chi connectivity index (χ1v) is 8.65. The maximum absolute atomic E-state index is 12.2. The van der Waals surface area contributed by atoms with E-state index in [-0.39, 0.29) is 17.6 Å². The molecule has 0 aromatic heterocycles. The third-order valence-electron chi connectivity index (χ3n) is 3.82. The van der Waals surface area contributed by atoms with Gasteiger partial charge in [0.05, 0.1) is 12.4 Å². The van der Waals surface area contributed by atoms with E-state index in [9.17, 15) is 13.2 Å². The second-order valence-corrected chi connectivity index (χ2v) is 7.33. The van der Waals surface area contributed by atoms with Gasteiger partial charge in [-0.15, -0.1) is 0 Å². The van der Waals surface area contributed by atoms with Crippen LogP contribution in [0.1, 0.15) is 12.0 Å². The minimum absolute atomic E-state index is 0.0123. The van der Waals surface area contributed by atoms with E-state index in [2.05, 4.69) is 10.0 Å². The van der Waals surface area contributed by atoms with Crippen LogP contribution in [0.4, 0.5) is 5.69 Å². The SMILES string of the molecule is O=C1Nc2ccccc2CC1NS(=O)(=O)CC1CCOC1. The Morgan fingerprint density at radius 1 is 1.33 bits per heavy atom. The molecule has 0 spiro atoms. The number of carbonyl (C=O) groups excluding carboxylic acids is 1. The van der Waals surface area contributed by atoms with E-state index < -0.39 is 16.1 Å². The number of carbonyl (C=O) groups is 1. The molecule has 2 aliphatic heterocycles. The van der Waals surface area contributed by atoms with Gasteiger partial charge in [-0.25, -0.2) is 13.1 Å². The lowest BCUT2D eigenvalue weighted by atomic mass is 10.00. The highest BCUT2D eigenvalue weighted by atomic mass is 32.2. The van der Waals surface area contributed by atoms with Gasteiger partial charge < -0.3 is 10.1 Å². The Bertz CT molecular complexity index is 638. The molecule has 0 aliphatic carbocycles. The lowest BCUT2D eigenvalue weighted by molar-refractivity contribution is -0.118. The van der Waals surface area contributed by atoms with Gasteiger partial charge in [0.25, 0.3) is 0 Å². The molecule has 0 bridgehead atoms. The van der Waals surface area contributed by atoms with Crippen molar-refractivity contribution >= 4 is 21.6 Å². The summed E-state index contributed by atoms with van der Waals surface area (Å²) in [6.07, 6.45) is 1.13. The molecular weight excluding hydrogens is 292 g/mol. The van der Waals surface area contributed by atoms with Crippen LogP contribution in [0.2, 0.25) is 0 Å². The molecular formula is C14H18N2O4S. The highest BCUT2D eigenvalue weighted by molar-refractivity contribution is 7.89. The number of anilines is 1. The molecule has 3 rings (SSSR count). The van der Waals surface area contributed by atoms with Crippen LogP contribution >= 0.6 is 0 Å². The summed E-state index contributed by atoms with van der Waals surface area (Å²) in [5, 5.41) is 2.74. The van der Waals surface area contributed by atoms with E-state index in [0.717, 1.165) is 17.7 Å². The van der Waals surface area contributed by atoms with Gasteiger partial charge in [0, 0.05) is 12.3 Å². The first-order valence-electron chi connectivity index (χ1n) is 7.00. The van der Waals surface area contributed by atoms with E-state index >= 15 is 0 Å². The Morgan fingerprint density at radius 2 is 2.14 bits per heavy atom. The molecule has 0 saturated carbocycles. The molecule has 21 heavy (non-hydrogen) atoms. The number of ether oxygens (including phenoxy) is 1. The van der Waals surface area contributed by atoms with Gasteiger partial charge in [0.2, 0.25) is 15.9 Å². The highest BCUT2D eigenvalue weighted by Gasteiger charge is 2.31. The van der Waals surface area contributed by atoms with Crippen molar-refractivity contribution in [2.24, 2.45) is 5.92 Å². The largest absolute Gasteiger partial charge is 0.381 e. The summed E-state index contributed by atoms with van der Waals surface area (Å²) in [7, 11) is -3.49. The summed E-state index contributed by atoms with van der Waals surface area (Å²) in [6, 6.07) is 6.67. The zero-order valence-electron chi connectivity index (χ0n) is 11.5. The molecule has 2 unspecified atom stereocenters. The summed E-state index contributed by atoms with van der Waals surface area (Å²) in [5.41, 5.74) is 1.69. The van der Waals surface area contributed by atoms with Crippen molar-refractivity contribution in [1.29, 1.82) is 0 Å². The highest BCUT2D eigenvalue weighted by Crippen LogP contribution is 2.22. The molecule has 2 atom stereocenters. The first kappa shape index (κ1) is 14.5. The second kappa shape index (κ2) is 5.75. The van der Waals surface area contributed by atoms with Gasteiger partial charge in [-0.05, 0) is 30.4 Å². The van der Waals surface area contributed by atoms with Crippen LogP contribution in [0.5, 0.6) is 0 Å². The smallest absolute Gasteiger partial charge is 0.242 e. The second-order valence-electron chi connectivity index (χ2n) is 5.53. The summed E-state index contributed by atoms with van der Waals surface area (Å²) in [6.45, 7) is 1.08. The molecule has 2 heterocycles. The normalized spacial score (nSPS) is 25.4. The number of amides is 1. The fourth-order valence-electron chi connectivity index (χ4n) is 2.74. The average Bonchev–Trinajstić information content (AvgIpc) is 2.91. The zero-order valence-corrected chi connectivity index (χ0v) is 12.4. The fourth-order valence-corrected chi connectivity index (χ4v) is 4.34. The van der Waals surface area contributed by atoms with Crippen molar-refractivity contribution in [3.63, 3.8) is 0 Å². The van der Waals surface area contributed by atoms with E-state index in [0.29, 0.717) is 19.6 Å². The minimum atomic E-state index is -3.49. The van der Waals surface area contributed by atoms with Crippen LogP contribution in [0, 0.1) is 5.92 Å². The summed E-state index contributed by atoms with van der Waals surface area (Å²) >= 11 is 0. The van der Waals surface area contributed by atoms with Gasteiger partial charge >= 0.3 is 0 Å². The Morgan fingerprint density at radius 3 is 2.90 bits per heavy atom. The number of para-hydroxylation sites is 1. The molecule has 1 amide bonds. The Labute approximate surface area is 123 Å². The van der Waals surface area contributed by atoms with Crippen molar-refractivity contribution in [3.05, 3.63) is 29.8 Å². The lowest BCUT2D eigenvalue weighted by Crippen LogP contribution is -2.48. The predicted molar refractivity (Wildman–Crippen MR) is 78.4 cm³/mol. The summed E-state index contributed by atoms with van der Waals surface area (Å²) < 4.78 is 32.0. The molecule has 1 saturated heterocycles. The molecule has 1 fully saturated rings. The number of hydrogen-bond donors (Lipinski definition) is 2. The summed E-state index contributed by atoms with van der Waals surface area (Å²) in [5.74, 6) is -0.278. The number of rotatable bonds is 4. The van der Waals surface area contributed by atoms with Crippen molar-refractivity contribution < 1.29 is 17.9 Å². The van der Waals surface area contributed by atoms with E-state index in [1.165, 1.54) is 0 Å². The van der Waals surface area contributed by atoms with E-state index in [1.54, 1.807) is 0 Å². The van der Waals surface area contributed by atoms with Crippen molar-refractivity contribution in [3.8, 4) is 0 Å². The number of hydrogen-bond acceptors (Lipinski definition) is 4. The molecule has 6 nitrogen and oxygen atoms in total. The molecule has 1 aromatic carbocycles. The van der Waals surface area contributed by atoms with Gasteiger partial charge in [-0.3, -0.25) is 4.79 Å². The maximum Gasteiger partial charge on any atom is 0.242 e. The van der Waals surface area contributed by atoms with Gasteiger partial charge in [0.1, 0.15) is 6.04 Å². The molecule has 7 heteroatoms. The Kier molecular flexibility index (Phi) is 3.97. The molecule has 114 valence electrons. The van der Waals surface area contributed by atoms with Crippen LogP contribution in [-0.4, -0.2) is 39.3 Å². The molecule has 0 radical (unpaired) electrons. The quantitative estimate of drug-likeness (QED) is 0.848. The molecule has 2 aliphatic rings. The number of sulfonamides is 1. The zero-order chi connectivity index (χ0) is 14.9. The van der Waals surface area contributed by atoms with Crippen molar-refractivity contribution in [1.82, 2.24) is 4.72 Å². The van der Waals surface area contributed by atoms with Crippen molar-refractivity contribution in [2.75, 3.05) is 24.3 Å². The summed E-state index contributed by atoms with van der Waals surface area (Å²) in [4.78, 5) is 12.0. The lowest BCUT2D eigenvalue weighted by Gasteiger charge is -2.25. The maximum atomic E-state index is 12.2. The first-order chi connectivity index (χ1) is 10.0. The average molecular weight is 310 g/mol. The Hall–Kier alpha value is -1.44. The van der Waals surface area contributed by atoms with Gasteiger partial charge in [-0.2, -0.15) is 0 Å². The standard InChI is InChI=1S/C14H18N2O4S/c17-14-13(7-11-3-1-2-4-12(11)15-14)16-21(18,19)9-10-5-6-20-8-10/h1-4,10,13,16H,5-9H2,(H,15,17). The van der Waals surface area contributed by atoms with Crippen molar-refractivity contribution in [2.45, 2.75) is 18.9 Å². The molecule has 1 aromatic rings. The third-order valence-corrected chi connectivity index (χ3v) is 5.37. The van der Waals surface area contributed by atoms with Crippen LogP contribution in [-0.2, 0) is 26.0 Å². The third kappa shape index (κ3) is 3.42. The van der Waals surface area contributed by atoms with Gasteiger partial charge in [0.15, 0.2) is 0 Å².